The van der Waals surface area contributed by atoms with Gasteiger partial charge in [-0.3, -0.25) is 0 Å². The van der Waals surface area contributed by atoms with Gasteiger partial charge in [0.25, 0.3) is 0 Å². The normalized spacial score (nSPS) is 43.0. The van der Waals surface area contributed by atoms with Crippen molar-refractivity contribution in [3.05, 3.63) is 23.3 Å². The molecule has 4 aliphatic carbocycles. The molecule has 0 saturated heterocycles. The van der Waals surface area contributed by atoms with Crippen LogP contribution in [0.3, 0.4) is 0 Å². The highest BCUT2D eigenvalue weighted by Gasteiger charge is 2.55. The summed E-state index contributed by atoms with van der Waals surface area (Å²) in [6.45, 7) is 0.417. The largest absolute Gasteiger partial charge is 0.504 e. The van der Waals surface area contributed by atoms with Crippen LogP contribution in [0.15, 0.2) is 12.1 Å². The first-order valence-electron chi connectivity index (χ1n) is 9.47. The Morgan fingerprint density at radius 1 is 1.04 bits per heavy atom. The Morgan fingerprint density at radius 3 is 2.25 bits per heavy atom. The highest BCUT2D eigenvalue weighted by molar-refractivity contribution is 5.51. The van der Waals surface area contributed by atoms with Crippen molar-refractivity contribution in [2.45, 2.75) is 57.2 Å². The van der Waals surface area contributed by atoms with E-state index in [9.17, 15) is 10.2 Å². The van der Waals surface area contributed by atoms with Gasteiger partial charge in [-0.1, -0.05) is 6.07 Å². The monoisotopic (exact) mass is 329 g/mol. The van der Waals surface area contributed by atoms with E-state index in [1.807, 2.05) is 6.07 Å². The molecule has 130 valence electrons. The van der Waals surface area contributed by atoms with Crippen LogP contribution >= 0.6 is 0 Å². The highest BCUT2D eigenvalue weighted by atomic mass is 16.5. The third kappa shape index (κ3) is 2.05. The van der Waals surface area contributed by atoms with Gasteiger partial charge in [-0.2, -0.15) is 0 Å². The van der Waals surface area contributed by atoms with Gasteiger partial charge >= 0.3 is 0 Å². The summed E-state index contributed by atoms with van der Waals surface area (Å²) in [6, 6.07) is 3.41. The van der Waals surface area contributed by atoms with Crippen molar-refractivity contribution < 1.29 is 14.9 Å². The Labute approximate surface area is 143 Å². The summed E-state index contributed by atoms with van der Waals surface area (Å²) in [6.07, 6.45) is 8.72. The fraction of sp³-hybridized carbons (Fsp3) is 0.700. The van der Waals surface area contributed by atoms with Gasteiger partial charge in [0.15, 0.2) is 11.5 Å². The number of nitrogens with two attached hydrogens (primary N) is 1. The maximum Gasteiger partial charge on any atom is 0.161 e. The van der Waals surface area contributed by atoms with Crippen molar-refractivity contribution in [1.82, 2.24) is 0 Å². The minimum Gasteiger partial charge on any atom is -0.504 e. The smallest absolute Gasteiger partial charge is 0.161 e. The van der Waals surface area contributed by atoms with Crippen LogP contribution in [-0.4, -0.2) is 22.9 Å². The van der Waals surface area contributed by atoms with E-state index in [2.05, 4.69) is 0 Å². The lowest BCUT2D eigenvalue weighted by Crippen LogP contribution is -2.54. The number of aromatic hydroxyl groups is 2. The van der Waals surface area contributed by atoms with Crippen LogP contribution in [0.2, 0.25) is 0 Å². The van der Waals surface area contributed by atoms with E-state index in [1.54, 1.807) is 6.07 Å². The SMILES string of the molecule is NC[C@@H]1OC(C23CC4CC(CC(C4)C2)C3)Cc2c1ccc(O)c2O. The zero-order chi connectivity index (χ0) is 16.5. The second kappa shape index (κ2) is 5.12. The van der Waals surface area contributed by atoms with E-state index in [1.165, 1.54) is 38.5 Å². The molecule has 0 amide bonds. The van der Waals surface area contributed by atoms with Crippen molar-refractivity contribution >= 4 is 0 Å². The molecule has 24 heavy (non-hydrogen) atoms. The molecule has 1 unspecified atom stereocenters. The van der Waals surface area contributed by atoms with Gasteiger partial charge in [0.1, 0.15) is 0 Å². The predicted octanol–water partition coefficient (Wildman–Crippen LogP) is 3.26. The second-order valence-corrected chi connectivity index (χ2v) is 8.83. The van der Waals surface area contributed by atoms with Crippen molar-refractivity contribution in [2.24, 2.45) is 28.9 Å². The number of hydrogen-bond donors (Lipinski definition) is 3. The van der Waals surface area contributed by atoms with E-state index < -0.39 is 0 Å². The first-order valence-corrected chi connectivity index (χ1v) is 9.47. The minimum atomic E-state index is -0.168. The van der Waals surface area contributed by atoms with E-state index in [-0.39, 0.29) is 29.1 Å². The molecular formula is C20H27NO3. The molecule has 1 aromatic carbocycles. The van der Waals surface area contributed by atoms with Gasteiger partial charge in [-0.05, 0) is 73.3 Å². The number of hydrogen-bond acceptors (Lipinski definition) is 4. The molecule has 0 radical (unpaired) electrons. The Hall–Kier alpha value is -1.26. The van der Waals surface area contributed by atoms with Crippen LogP contribution in [0.4, 0.5) is 0 Å². The van der Waals surface area contributed by atoms with Crippen LogP contribution < -0.4 is 5.73 Å². The number of phenols is 2. The standard InChI is InChI=1S/C20H27NO3/c21-10-17-14-1-2-16(22)19(23)15(14)6-18(24-17)20-7-11-3-12(8-20)5-13(4-11)9-20/h1-2,11-13,17-18,22-23H,3-10,21H2/t11?,12?,13?,17-,18?,20?/m0/s1. The zero-order valence-electron chi connectivity index (χ0n) is 14.1. The molecule has 0 aromatic heterocycles. The first kappa shape index (κ1) is 15.0. The van der Waals surface area contributed by atoms with Crippen molar-refractivity contribution in [1.29, 1.82) is 0 Å². The van der Waals surface area contributed by atoms with Crippen molar-refractivity contribution in [2.75, 3.05) is 6.54 Å². The molecule has 4 fully saturated rings. The third-order valence-corrected chi connectivity index (χ3v) is 7.35. The van der Waals surface area contributed by atoms with Gasteiger partial charge in [0.2, 0.25) is 0 Å². The van der Waals surface area contributed by atoms with Crippen LogP contribution in [-0.2, 0) is 11.2 Å². The molecule has 1 aromatic rings. The molecule has 0 spiro atoms. The molecule has 1 aliphatic heterocycles. The van der Waals surface area contributed by atoms with E-state index in [0.29, 0.717) is 13.0 Å². The van der Waals surface area contributed by atoms with Gasteiger partial charge in [-0.15, -0.1) is 0 Å². The molecular weight excluding hydrogens is 302 g/mol. The van der Waals surface area contributed by atoms with E-state index in [4.69, 9.17) is 10.5 Å². The predicted molar refractivity (Wildman–Crippen MR) is 90.7 cm³/mol. The first-order chi connectivity index (χ1) is 11.6. The number of ether oxygens (including phenoxy) is 1. The summed E-state index contributed by atoms with van der Waals surface area (Å²) < 4.78 is 6.52. The lowest BCUT2D eigenvalue weighted by molar-refractivity contribution is -0.165. The summed E-state index contributed by atoms with van der Waals surface area (Å²) >= 11 is 0. The summed E-state index contributed by atoms with van der Waals surface area (Å²) in [4.78, 5) is 0. The van der Waals surface area contributed by atoms with Gasteiger partial charge in [-0.25, -0.2) is 0 Å². The topological polar surface area (TPSA) is 75.7 Å². The zero-order valence-corrected chi connectivity index (χ0v) is 14.1. The molecule has 1 heterocycles. The van der Waals surface area contributed by atoms with Crippen LogP contribution in [0, 0.1) is 23.2 Å². The lowest BCUT2D eigenvalue weighted by Gasteiger charge is -2.60. The molecule has 4 saturated carbocycles. The van der Waals surface area contributed by atoms with Crippen LogP contribution in [0.1, 0.15) is 55.8 Å². The van der Waals surface area contributed by atoms with Gasteiger partial charge < -0.3 is 20.7 Å². The summed E-state index contributed by atoms with van der Waals surface area (Å²) in [5, 5.41) is 20.3. The molecule has 5 aliphatic rings. The van der Waals surface area contributed by atoms with E-state index in [0.717, 1.165) is 28.9 Å². The molecule has 4 N–H and O–H groups in total. The number of rotatable bonds is 2. The average molecular weight is 329 g/mol. The minimum absolute atomic E-state index is 0.0315. The number of phenolic OH excluding ortho intramolecular Hbond substituents is 2. The maximum atomic E-state index is 10.4. The molecule has 4 bridgehead atoms. The van der Waals surface area contributed by atoms with Crippen molar-refractivity contribution in [3.63, 3.8) is 0 Å². The highest BCUT2D eigenvalue weighted by Crippen LogP contribution is 2.63. The van der Waals surface area contributed by atoms with Crippen LogP contribution in [0.5, 0.6) is 11.5 Å². The Kier molecular flexibility index (Phi) is 3.21. The van der Waals surface area contributed by atoms with E-state index >= 15 is 0 Å². The average Bonchev–Trinajstić information content (AvgIpc) is 2.56. The number of benzene rings is 1. The van der Waals surface area contributed by atoms with Crippen molar-refractivity contribution in [3.8, 4) is 11.5 Å². The maximum absolute atomic E-state index is 10.4. The fourth-order valence-electron chi connectivity index (χ4n) is 6.78. The quantitative estimate of drug-likeness (QED) is 0.728. The molecule has 4 nitrogen and oxygen atoms in total. The Balaban J connectivity index is 1.53. The summed E-state index contributed by atoms with van der Waals surface area (Å²) in [5.41, 5.74) is 8.06. The number of fused-ring (bicyclic) bond motifs is 1. The lowest BCUT2D eigenvalue weighted by atomic mass is 9.47. The van der Waals surface area contributed by atoms with Gasteiger partial charge in [0, 0.05) is 18.5 Å². The molecule has 2 atom stereocenters. The summed E-state index contributed by atoms with van der Waals surface area (Å²) in [5.74, 6) is 2.61. The Bertz CT molecular complexity index is 636. The molecule has 6 rings (SSSR count). The Morgan fingerprint density at radius 2 is 1.67 bits per heavy atom. The third-order valence-electron chi connectivity index (χ3n) is 7.35. The second-order valence-electron chi connectivity index (χ2n) is 8.83. The fourth-order valence-corrected chi connectivity index (χ4v) is 6.78. The molecule has 4 heteroatoms. The summed E-state index contributed by atoms with van der Waals surface area (Å²) in [7, 11) is 0. The van der Waals surface area contributed by atoms with Crippen LogP contribution in [0.25, 0.3) is 0 Å². The van der Waals surface area contributed by atoms with Gasteiger partial charge in [0.05, 0.1) is 12.2 Å².